The summed E-state index contributed by atoms with van der Waals surface area (Å²) in [6.07, 6.45) is 0. The molecule has 0 radical (unpaired) electrons. The minimum Gasteiger partial charge on any atom is -0.361 e. The van der Waals surface area contributed by atoms with E-state index in [2.05, 4.69) is 64.0 Å². The van der Waals surface area contributed by atoms with Crippen LogP contribution in [-0.2, 0) is 12.0 Å². The molecule has 0 aliphatic rings. The maximum Gasteiger partial charge on any atom is 0.0361 e. The van der Waals surface area contributed by atoms with Crippen molar-refractivity contribution in [1.82, 2.24) is 10.3 Å². The normalized spacial score (nSPS) is 13.2. The molecule has 0 unspecified atom stereocenters. The monoisotopic (exact) mass is 208 g/mol. The summed E-state index contributed by atoms with van der Waals surface area (Å²) >= 11 is 0. The maximum atomic E-state index is 3.47. The Kier molecular flexibility index (Phi) is 3.29. The van der Waals surface area contributed by atoms with Crippen LogP contribution >= 0.6 is 0 Å². The SMILES string of the molecule is CC(C)(C)NCc1ccc(C(C)(C)C)[nH]1. The summed E-state index contributed by atoms with van der Waals surface area (Å²) in [5, 5.41) is 3.47. The lowest BCUT2D eigenvalue weighted by atomic mass is 9.93. The molecule has 0 bridgehead atoms. The highest BCUT2D eigenvalue weighted by atomic mass is 15.0. The van der Waals surface area contributed by atoms with Crippen molar-refractivity contribution in [2.45, 2.75) is 59.0 Å². The van der Waals surface area contributed by atoms with Crippen LogP contribution in [0.2, 0.25) is 0 Å². The maximum absolute atomic E-state index is 3.47. The van der Waals surface area contributed by atoms with Gasteiger partial charge >= 0.3 is 0 Å². The molecule has 1 rings (SSSR count). The van der Waals surface area contributed by atoms with Crippen molar-refractivity contribution in [1.29, 1.82) is 0 Å². The standard InChI is InChI=1S/C13H24N2/c1-12(2,3)11-8-7-10(15-11)9-14-13(4,5)6/h7-8,14-15H,9H2,1-6H3. The highest BCUT2D eigenvalue weighted by Crippen LogP contribution is 2.21. The van der Waals surface area contributed by atoms with Crippen LogP contribution in [0.3, 0.4) is 0 Å². The number of hydrogen-bond donors (Lipinski definition) is 2. The van der Waals surface area contributed by atoms with Gasteiger partial charge in [-0.2, -0.15) is 0 Å². The molecule has 0 aromatic carbocycles. The Balaban J connectivity index is 2.62. The number of hydrogen-bond acceptors (Lipinski definition) is 1. The molecule has 0 saturated carbocycles. The van der Waals surface area contributed by atoms with Crippen molar-refractivity contribution in [2.75, 3.05) is 0 Å². The fraction of sp³-hybridized carbons (Fsp3) is 0.692. The topological polar surface area (TPSA) is 27.8 Å². The predicted molar refractivity (Wildman–Crippen MR) is 66.1 cm³/mol. The highest BCUT2D eigenvalue weighted by molar-refractivity contribution is 5.19. The first-order valence-corrected chi connectivity index (χ1v) is 5.62. The number of aromatic amines is 1. The molecule has 1 aromatic rings. The van der Waals surface area contributed by atoms with Gasteiger partial charge < -0.3 is 10.3 Å². The summed E-state index contributed by atoms with van der Waals surface area (Å²) in [6, 6.07) is 4.35. The fourth-order valence-electron chi connectivity index (χ4n) is 1.34. The second kappa shape index (κ2) is 4.01. The molecule has 1 aromatic heterocycles. The first-order valence-electron chi connectivity index (χ1n) is 5.62. The summed E-state index contributed by atoms with van der Waals surface area (Å²) in [5.74, 6) is 0. The Morgan fingerprint density at radius 2 is 1.67 bits per heavy atom. The van der Waals surface area contributed by atoms with Crippen molar-refractivity contribution in [3.63, 3.8) is 0 Å². The van der Waals surface area contributed by atoms with Gasteiger partial charge in [-0.15, -0.1) is 0 Å². The highest BCUT2D eigenvalue weighted by Gasteiger charge is 2.16. The van der Waals surface area contributed by atoms with E-state index in [1.165, 1.54) is 11.4 Å². The van der Waals surface area contributed by atoms with Gasteiger partial charge in [-0.25, -0.2) is 0 Å². The molecule has 0 aliphatic heterocycles. The van der Waals surface area contributed by atoms with Crippen LogP contribution in [0.25, 0.3) is 0 Å². The summed E-state index contributed by atoms with van der Waals surface area (Å²) in [4.78, 5) is 3.46. The first kappa shape index (κ1) is 12.3. The van der Waals surface area contributed by atoms with Crippen LogP contribution in [-0.4, -0.2) is 10.5 Å². The average Bonchev–Trinajstić information content (AvgIpc) is 2.45. The predicted octanol–water partition coefficient (Wildman–Crippen LogP) is 3.20. The Morgan fingerprint density at radius 3 is 2.07 bits per heavy atom. The van der Waals surface area contributed by atoms with Crippen molar-refractivity contribution in [2.24, 2.45) is 0 Å². The lowest BCUT2D eigenvalue weighted by Crippen LogP contribution is -2.35. The molecule has 86 valence electrons. The largest absolute Gasteiger partial charge is 0.361 e. The summed E-state index contributed by atoms with van der Waals surface area (Å²) in [6.45, 7) is 14.1. The molecular formula is C13H24N2. The summed E-state index contributed by atoms with van der Waals surface area (Å²) in [7, 11) is 0. The molecule has 0 amide bonds. The lowest BCUT2D eigenvalue weighted by molar-refractivity contribution is 0.421. The van der Waals surface area contributed by atoms with Gasteiger partial charge in [0.15, 0.2) is 0 Å². The van der Waals surface area contributed by atoms with Crippen molar-refractivity contribution in [3.8, 4) is 0 Å². The van der Waals surface area contributed by atoms with Gasteiger partial charge in [-0.3, -0.25) is 0 Å². The average molecular weight is 208 g/mol. The van der Waals surface area contributed by atoms with Crippen molar-refractivity contribution in [3.05, 3.63) is 23.5 Å². The zero-order valence-corrected chi connectivity index (χ0v) is 10.9. The van der Waals surface area contributed by atoms with E-state index in [0.29, 0.717) is 0 Å². The van der Waals surface area contributed by atoms with Gasteiger partial charge in [0.25, 0.3) is 0 Å². The minimum atomic E-state index is 0.174. The number of rotatable bonds is 2. The van der Waals surface area contributed by atoms with Gasteiger partial charge in [-0.1, -0.05) is 20.8 Å². The van der Waals surface area contributed by atoms with Crippen LogP contribution in [0.4, 0.5) is 0 Å². The summed E-state index contributed by atoms with van der Waals surface area (Å²) in [5.41, 5.74) is 2.94. The minimum absolute atomic E-state index is 0.174. The molecule has 0 fully saturated rings. The molecular weight excluding hydrogens is 184 g/mol. The lowest BCUT2D eigenvalue weighted by Gasteiger charge is -2.20. The number of aromatic nitrogens is 1. The van der Waals surface area contributed by atoms with Crippen molar-refractivity contribution < 1.29 is 0 Å². The van der Waals surface area contributed by atoms with E-state index in [9.17, 15) is 0 Å². The molecule has 0 saturated heterocycles. The molecule has 2 nitrogen and oxygen atoms in total. The Morgan fingerprint density at radius 1 is 1.07 bits per heavy atom. The third-order valence-electron chi connectivity index (χ3n) is 2.36. The molecule has 2 heteroatoms. The zero-order valence-electron chi connectivity index (χ0n) is 10.9. The van der Waals surface area contributed by atoms with E-state index < -0.39 is 0 Å². The Bertz CT molecular complexity index is 310. The van der Waals surface area contributed by atoms with Gasteiger partial charge in [0.1, 0.15) is 0 Å². The Hall–Kier alpha value is -0.760. The third kappa shape index (κ3) is 4.08. The third-order valence-corrected chi connectivity index (χ3v) is 2.36. The second-order valence-electron chi connectivity index (χ2n) is 6.25. The van der Waals surface area contributed by atoms with Crippen LogP contribution < -0.4 is 5.32 Å². The molecule has 1 heterocycles. The smallest absolute Gasteiger partial charge is 0.0361 e. The van der Waals surface area contributed by atoms with Crippen LogP contribution in [0.5, 0.6) is 0 Å². The number of H-pyrrole nitrogens is 1. The molecule has 0 atom stereocenters. The quantitative estimate of drug-likeness (QED) is 0.767. The number of nitrogens with one attached hydrogen (secondary N) is 2. The van der Waals surface area contributed by atoms with E-state index >= 15 is 0 Å². The van der Waals surface area contributed by atoms with Crippen LogP contribution in [0.15, 0.2) is 12.1 Å². The second-order valence-corrected chi connectivity index (χ2v) is 6.25. The summed E-state index contributed by atoms with van der Waals surface area (Å²) < 4.78 is 0. The van der Waals surface area contributed by atoms with Gasteiger partial charge in [0.05, 0.1) is 0 Å². The van der Waals surface area contributed by atoms with Crippen LogP contribution in [0, 0.1) is 0 Å². The molecule has 2 N–H and O–H groups in total. The van der Waals surface area contributed by atoms with Gasteiger partial charge in [-0.05, 0) is 32.9 Å². The van der Waals surface area contributed by atoms with E-state index in [1.54, 1.807) is 0 Å². The first-order chi connectivity index (χ1) is 6.68. The van der Waals surface area contributed by atoms with E-state index in [1.807, 2.05) is 0 Å². The van der Waals surface area contributed by atoms with E-state index in [0.717, 1.165) is 6.54 Å². The molecule has 0 spiro atoms. The van der Waals surface area contributed by atoms with E-state index in [-0.39, 0.29) is 11.0 Å². The fourth-order valence-corrected chi connectivity index (χ4v) is 1.34. The van der Waals surface area contributed by atoms with Gasteiger partial charge in [0.2, 0.25) is 0 Å². The van der Waals surface area contributed by atoms with Crippen LogP contribution in [0.1, 0.15) is 52.9 Å². The van der Waals surface area contributed by atoms with E-state index in [4.69, 9.17) is 0 Å². The molecule has 0 aliphatic carbocycles. The van der Waals surface area contributed by atoms with Gasteiger partial charge in [0, 0.05) is 28.9 Å². The molecule has 15 heavy (non-hydrogen) atoms. The Labute approximate surface area is 93.5 Å². The zero-order chi connectivity index (χ0) is 11.7. The van der Waals surface area contributed by atoms with Crippen molar-refractivity contribution >= 4 is 0 Å².